The highest BCUT2D eigenvalue weighted by Crippen LogP contribution is 2.34. The fourth-order valence-corrected chi connectivity index (χ4v) is 7.13. The van der Waals surface area contributed by atoms with Crippen molar-refractivity contribution < 1.29 is 13.2 Å². The summed E-state index contributed by atoms with van der Waals surface area (Å²) in [6.07, 6.45) is 0. The second-order valence-electron chi connectivity index (χ2n) is 6.93. The number of aromatic nitrogens is 1. The van der Waals surface area contributed by atoms with Gasteiger partial charge in [-0.25, -0.2) is 4.98 Å². The first-order chi connectivity index (χ1) is 14.4. The van der Waals surface area contributed by atoms with Crippen molar-refractivity contribution in [2.75, 3.05) is 39.3 Å². The van der Waals surface area contributed by atoms with Crippen LogP contribution in [0.4, 0.5) is 0 Å². The van der Waals surface area contributed by atoms with Crippen LogP contribution in [0.3, 0.4) is 0 Å². The van der Waals surface area contributed by atoms with Gasteiger partial charge in [0.15, 0.2) is 0 Å². The molecule has 1 aliphatic heterocycles. The highest BCUT2D eigenvalue weighted by molar-refractivity contribution is 7.86. The van der Waals surface area contributed by atoms with Crippen LogP contribution in [0.2, 0.25) is 0 Å². The standard InChI is InChI=1S/C20H24N4O3S3/c1-3-23(4-2)30(26,27)24-13-11-22(12-14-24)20(25)18-10-9-17(28-18)19-21-15-7-5-6-8-16(15)29-19/h5-10H,3-4,11-14H2,1-2H3. The fraction of sp³-hybridized carbons (Fsp3) is 0.400. The van der Waals surface area contributed by atoms with Crippen molar-refractivity contribution in [2.45, 2.75) is 13.8 Å². The topological polar surface area (TPSA) is 73.8 Å². The zero-order valence-corrected chi connectivity index (χ0v) is 19.4. The summed E-state index contributed by atoms with van der Waals surface area (Å²) in [5, 5.41) is 0.912. The van der Waals surface area contributed by atoms with Crippen LogP contribution in [-0.4, -0.2) is 72.1 Å². The Labute approximate surface area is 184 Å². The number of benzene rings is 1. The van der Waals surface area contributed by atoms with Gasteiger partial charge in [-0.05, 0) is 24.3 Å². The first kappa shape index (κ1) is 21.4. The maximum atomic E-state index is 13.0. The Bertz CT molecular complexity index is 1110. The normalized spacial score (nSPS) is 15.9. The highest BCUT2D eigenvalue weighted by atomic mass is 32.2. The number of thiophene rings is 1. The molecule has 3 aromatic rings. The molecule has 4 rings (SSSR count). The summed E-state index contributed by atoms with van der Waals surface area (Å²) < 4.78 is 29.4. The molecule has 0 radical (unpaired) electrons. The monoisotopic (exact) mass is 464 g/mol. The summed E-state index contributed by atoms with van der Waals surface area (Å²) in [5.41, 5.74) is 0.962. The Morgan fingerprint density at radius 1 is 1.03 bits per heavy atom. The van der Waals surface area contributed by atoms with Gasteiger partial charge in [-0.15, -0.1) is 22.7 Å². The summed E-state index contributed by atoms with van der Waals surface area (Å²) in [7, 11) is -3.46. The predicted octanol–water partition coefficient (Wildman–Crippen LogP) is 3.37. The third kappa shape index (κ3) is 4.02. The van der Waals surface area contributed by atoms with Crippen molar-refractivity contribution in [2.24, 2.45) is 0 Å². The Hall–Kier alpha value is -1.85. The van der Waals surface area contributed by atoms with Crippen molar-refractivity contribution in [3.8, 4) is 9.88 Å². The van der Waals surface area contributed by atoms with E-state index in [1.165, 1.54) is 19.9 Å². The van der Waals surface area contributed by atoms with Crippen LogP contribution in [0.15, 0.2) is 36.4 Å². The molecule has 1 saturated heterocycles. The summed E-state index contributed by atoms with van der Waals surface area (Å²) in [5.74, 6) is -0.0488. The minimum absolute atomic E-state index is 0.0488. The van der Waals surface area contributed by atoms with Gasteiger partial charge in [0.1, 0.15) is 5.01 Å². The van der Waals surface area contributed by atoms with E-state index in [0.717, 1.165) is 20.1 Å². The Morgan fingerprint density at radius 2 is 1.73 bits per heavy atom. The Morgan fingerprint density at radius 3 is 2.40 bits per heavy atom. The number of carbonyl (C=O) groups excluding carboxylic acids is 1. The van der Waals surface area contributed by atoms with Gasteiger partial charge in [-0.3, -0.25) is 4.79 Å². The van der Waals surface area contributed by atoms with E-state index < -0.39 is 10.2 Å². The van der Waals surface area contributed by atoms with Crippen LogP contribution in [0.1, 0.15) is 23.5 Å². The van der Waals surface area contributed by atoms with E-state index in [2.05, 4.69) is 4.98 Å². The number of hydrogen-bond donors (Lipinski definition) is 0. The molecule has 1 aromatic carbocycles. The third-order valence-electron chi connectivity index (χ3n) is 5.21. The molecule has 3 heterocycles. The van der Waals surface area contributed by atoms with E-state index in [0.29, 0.717) is 44.1 Å². The van der Waals surface area contributed by atoms with E-state index in [9.17, 15) is 13.2 Å². The molecule has 0 N–H and O–H groups in total. The van der Waals surface area contributed by atoms with Crippen molar-refractivity contribution in [3.63, 3.8) is 0 Å². The van der Waals surface area contributed by atoms with E-state index in [-0.39, 0.29) is 5.91 Å². The number of nitrogens with zero attached hydrogens (tertiary/aromatic N) is 4. The van der Waals surface area contributed by atoms with Gasteiger partial charge in [0.05, 0.1) is 20.0 Å². The molecule has 7 nitrogen and oxygen atoms in total. The zero-order chi connectivity index (χ0) is 21.3. The summed E-state index contributed by atoms with van der Waals surface area (Å²) in [6.45, 7) is 5.99. The van der Waals surface area contributed by atoms with E-state index in [1.807, 2.05) is 50.2 Å². The summed E-state index contributed by atoms with van der Waals surface area (Å²) >= 11 is 3.06. The van der Waals surface area contributed by atoms with Crippen molar-refractivity contribution in [3.05, 3.63) is 41.3 Å². The van der Waals surface area contributed by atoms with E-state index in [4.69, 9.17) is 0 Å². The number of amides is 1. The minimum Gasteiger partial charge on any atom is -0.335 e. The van der Waals surface area contributed by atoms with E-state index in [1.54, 1.807) is 16.2 Å². The molecule has 0 saturated carbocycles. The molecule has 1 fully saturated rings. The van der Waals surface area contributed by atoms with E-state index >= 15 is 0 Å². The molecular formula is C20H24N4O3S3. The van der Waals surface area contributed by atoms with Crippen LogP contribution >= 0.6 is 22.7 Å². The van der Waals surface area contributed by atoms with Gasteiger partial charge in [0.2, 0.25) is 0 Å². The first-order valence-electron chi connectivity index (χ1n) is 9.94. The van der Waals surface area contributed by atoms with Crippen LogP contribution in [0.25, 0.3) is 20.1 Å². The number of fused-ring (bicyclic) bond motifs is 1. The molecule has 0 aliphatic carbocycles. The number of rotatable bonds is 6. The minimum atomic E-state index is -3.46. The second-order valence-corrected chi connectivity index (χ2v) is 11.0. The summed E-state index contributed by atoms with van der Waals surface area (Å²) in [6, 6.07) is 11.8. The largest absolute Gasteiger partial charge is 0.335 e. The number of hydrogen-bond acceptors (Lipinski definition) is 6. The molecule has 1 aliphatic rings. The van der Waals surface area contributed by atoms with Gasteiger partial charge >= 0.3 is 0 Å². The van der Waals surface area contributed by atoms with Gasteiger partial charge in [0.25, 0.3) is 16.1 Å². The van der Waals surface area contributed by atoms with Crippen LogP contribution in [0.5, 0.6) is 0 Å². The lowest BCUT2D eigenvalue weighted by Crippen LogP contribution is -2.54. The predicted molar refractivity (Wildman–Crippen MR) is 122 cm³/mol. The van der Waals surface area contributed by atoms with Gasteiger partial charge < -0.3 is 4.90 Å². The number of para-hydroxylation sites is 1. The fourth-order valence-electron chi connectivity index (χ4n) is 3.54. The maximum absolute atomic E-state index is 13.0. The smallest absolute Gasteiger partial charge is 0.282 e. The Balaban J connectivity index is 1.44. The van der Waals surface area contributed by atoms with Gasteiger partial charge in [-0.1, -0.05) is 26.0 Å². The lowest BCUT2D eigenvalue weighted by molar-refractivity contribution is 0.0699. The third-order valence-corrected chi connectivity index (χ3v) is 9.67. The molecule has 160 valence electrons. The lowest BCUT2D eigenvalue weighted by atomic mass is 10.3. The molecule has 2 aromatic heterocycles. The SMILES string of the molecule is CCN(CC)S(=O)(=O)N1CCN(C(=O)c2ccc(-c3nc4ccccc4s3)s2)CC1. The molecule has 0 bridgehead atoms. The Kier molecular flexibility index (Phi) is 6.21. The number of carbonyl (C=O) groups is 1. The molecule has 10 heteroatoms. The molecule has 30 heavy (non-hydrogen) atoms. The van der Waals surface area contributed by atoms with Crippen LogP contribution in [0, 0.1) is 0 Å². The molecular weight excluding hydrogens is 440 g/mol. The van der Waals surface area contributed by atoms with Gasteiger partial charge in [0, 0.05) is 39.3 Å². The van der Waals surface area contributed by atoms with Crippen molar-refractivity contribution in [1.82, 2.24) is 18.5 Å². The maximum Gasteiger partial charge on any atom is 0.282 e. The van der Waals surface area contributed by atoms with Crippen LogP contribution in [-0.2, 0) is 10.2 Å². The first-order valence-corrected chi connectivity index (χ1v) is 13.0. The number of piperazine rings is 1. The average Bonchev–Trinajstić information content (AvgIpc) is 3.41. The lowest BCUT2D eigenvalue weighted by Gasteiger charge is -2.36. The molecule has 1 amide bonds. The quantitative estimate of drug-likeness (QED) is 0.561. The number of thiazole rings is 1. The zero-order valence-electron chi connectivity index (χ0n) is 16.9. The molecule has 0 spiro atoms. The van der Waals surface area contributed by atoms with Crippen molar-refractivity contribution >= 4 is 49.0 Å². The summed E-state index contributed by atoms with van der Waals surface area (Å²) in [4.78, 5) is 21.0. The molecule has 0 unspecified atom stereocenters. The second kappa shape index (κ2) is 8.72. The highest BCUT2D eigenvalue weighted by Gasteiger charge is 2.32. The molecule has 0 atom stereocenters. The van der Waals surface area contributed by atoms with Crippen molar-refractivity contribution in [1.29, 1.82) is 0 Å². The average molecular weight is 465 g/mol. The van der Waals surface area contributed by atoms with Gasteiger partial charge in [-0.2, -0.15) is 17.0 Å². The van der Waals surface area contributed by atoms with Crippen LogP contribution < -0.4 is 0 Å².